The number of amides is 1. The number of aromatic nitrogens is 1. The van der Waals surface area contributed by atoms with Crippen LogP contribution >= 0.6 is 11.6 Å². The lowest BCUT2D eigenvalue weighted by Gasteiger charge is -2.14. The molecule has 1 amide bonds. The van der Waals surface area contributed by atoms with Crippen molar-refractivity contribution in [2.24, 2.45) is 0 Å². The summed E-state index contributed by atoms with van der Waals surface area (Å²) in [5, 5.41) is 3.08. The highest BCUT2D eigenvalue weighted by molar-refractivity contribution is 6.33. The molecule has 0 fully saturated rings. The summed E-state index contributed by atoms with van der Waals surface area (Å²) in [7, 11) is 0. The van der Waals surface area contributed by atoms with Crippen molar-refractivity contribution in [1.82, 2.24) is 4.57 Å². The molecule has 0 unspecified atom stereocenters. The van der Waals surface area contributed by atoms with E-state index in [0.717, 1.165) is 17.9 Å². The smallest absolute Gasteiger partial charge is 0.340 e. The molecule has 0 bridgehead atoms. The molecule has 1 aromatic carbocycles. The molecule has 2 aromatic rings. The molecule has 0 aliphatic rings. The molecule has 1 aromatic heterocycles. The topological polar surface area (TPSA) is 60.3 Å². The van der Waals surface area contributed by atoms with Gasteiger partial charge in [-0.05, 0) is 45.9 Å². The highest BCUT2D eigenvalue weighted by atomic mass is 35.5. The van der Waals surface area contributed by atoms with E-state index in [1.54, 1.807) is 30.3 Å². The molecule has 24 heavy (non-hydrogen) atoms. The van der Waals surface area contributed by atoms with Gasteiger partial charge in [0.1, 0.15) is 0 Å². The number of benzene rings is 1. The van der Waals surface area contributed by atoms with Crippen LogP contribution < -0.4 is 5.32 Å². The molecule has 1 heterocycles. The van der Waals surface area contributed by atoms with Gasteiger partial charge in [-0.1, -0.05) is 23.7 Å². The molecule has 1 N–H and O–H groups in total. The summed E-state index contributed by atoms with van der Waals surface area (Å²) in [6.07, 6.45) is -0.932. The summed E-state index contributed by atoms with van der Waals surface area (Å²) >= 11 is 6.01. The number of esters is 1. The maximum Gasteiger partial charge on any atom is 0.340 e. The second-order valence-corrected chi connectivity index (χ2v) is 5.95. The summed E-state index contributed by atoms with van der Waals surface area (Å²) in [6.45, 7) is 8.10. The van der Waals surface area contributed by atoms with Gasteiger partial charge in [-0.25, -0.2) is 4.79 Å². The van der Waals surface area contributed by atoms with E-state index in [-0.39, 0.29) is 0 Å². The predicted octanol–water partition coefficient (Wildman–Crippen LogP) is 3.96. The van der Waals surface area contributed by atoms with E-state index in [9.17, 15) is 9.59 Å². The fourth-order valence-electron chi connectivity index (χ4n) is 2.57. The van der Waals surface area contributed by atoms with Crippen molar-refractivity contribution in [3.8, 4) is 0 Å². The Hall–Kier alpha value is -2.27. The Morgan fingerprint density at radius 3 is 2.54 bits per heavy atom. The number of para-hydroxylation sites is 1. The number of anilines is 1. The van der Waals surface area contributed by atoms with E-state index in [0.29, 0.717) is 16.3 Å². The van der Waals surface area contributed by atoms with Gasteiger partial charge in [0.25, 0.3) is 5.91 Å². The number of carbonyl (C=O) groups is 2. The first kappa shape index (κ1) is 18.1. The van der Waals surface area contributed by atoms with Crippen LogP contribution in [0.15, 0.2) is 30.3 Å². The molecular formula is C18H21ClN2O3. The lowest BCUT2D eigenvalue weighted by molar-refractivity contribution is -0.123. The van der Waals surface area contributed by atoms with Gasteiger partial charge in [0.2, 0.25) is 0 Å². The van der Waals surface area contributed by atoms with Gasteiger partial charge in [-0.2, -0.15) is 0 Å². The fourth-order valence-corrected chi connectivity index (χ4v) is 2.75. The number of hydrogen-bond acceptors (Lipinski definition) is 3. The number of ether oxygens (including phenoxy) is 1. The fraction of sp³-hybridized carbons (Fsp3) is 0.333. The minimum absolute atomic E-state index is 0.427. The maximum atomic E-state index is 12.3. The number of nitrogens with one attached hydrogen (secondary N) is 1. The van der Waals surface area contributed by atoms with Crippen molar-refractivity contribution < 1.29 is 14.3 Å². The first-order valence-electron chi connectivity index (χ1n) is 7.78. The van der Waals surface area contributed by atoms with Crippen LogP contribution in [0.3, 0.4) is 0 Å². The summed E-state index contributed by atoms with van der Waals surface area (Å²) in [4.78, 5) is 24.5. The molecule has 1 atom stereocenters. The predicted molar refractivity (Wildman–Crippen MR) is 94.5 cm³/mol. The highest BCUT2D eigenvalue weighted by Crippen LogP contribution is 2.21. The van der Waals surface area contributed by atoms with Gasteiger partial charge < -0.3 is 14.6 Å². The molecule has 2 rings (SSSR count). The summed E-state index contributed by atoms with van der Waals surface area (Å²) < 4.78 is 7.32. The van der Waals surface area contributed by atoms with Crippen LogP contribution in [-0.2, 0) is 16.1 Å². The molecule has 5 nitrogen and oxygen atoms in total. The summed E-state index contributed by atoms with van der Waals surface area (Å²) in [5.41, 5.74) is 2.77. The van der Waals surface area contributed by atoms with Crippen molar-refractivity contribution in [1.29, 1.82) is 0 Å². The summed E-state index contributed by atoms with van der Waals surface area (Å²) in [5.74, 6) is -0.939. The Bertz CT molecular complexity index is 768. The van der Waals surface area contributed by atoms with Gasteiger partial charge in [0, 0.05) is 17.9 Å². The zero-order valence-corrected chi connectivity index (χ0v) is 15.0. The first-order valence-corrected chi connectivity index (χ1v) is 8.16. The lowest BCUT2D eigenvalue weighted by atomic mass is 10.2. The highest BCUT2D eigenvalue weighted by Gasteiger charge is 2.22. The third-order valence-electron chi connectivity index (χ3n) is 3.89. The molecule has 0 aliphatic heterocycles. The van der Waals surface area contributed by atoms with Crippen molar-refractivity contribution in [2.45, 2.75) is 40.3 Å². The van der Waals surface area contributed by atoms with E-state index >= 15 is 0 Å². The molecule has 0 aliphatic carbocycles. The van der Waals surface area contributed by atoms with Crippen LogP contribution in [0.25, 0.3) is 0 Å². The normalized spacial score (nSPS) is 11.9. The van der Waals surface area contributed by atoms with Crippen molar-refractivity contribution >= 4 is 29.2 Å². The third kappa shape index (κ3) is 3.79. The van der Waals surface area contributed by atoms with Gasteiger partial charge in [-0.3, -0.25) is 4.79 Å². The Morgan fingerprint density at radius 1 is 1.29 bits per heavy atom. The van der Waals surface area contributed by atoms with Gasteiger partial charge in [0.15, 0.2) is 6.10 Å². The van der Waals surface area contributed by atoms with Gasteiger partial charge in [-0.15, -0.1) is 0 Å². The molecule has 0 saturated heterocycles. The van der Waals surface area contributed by atoms with Crippen LogP contribution in [0.4, 0.5) is 5.69 Å². The maximum absolute atomic E-state index is 12.3. The molecule has 0 spiro atoms. The standard InChI is InChI=1S/C18H21ClN2O3/c1-5-21-11(2)10-14(12(21)3)18(23)24-13(4)17(22)20-16-9-7-6-8-15(16)19/h6-10,13H,5H2,1-4H3,(H,20,22)/t13-/m1/s1. The Kier molecular flexibility index (Phi) is 5.67. The van der Waals surface area contributed by atoms with Crippen molar-refractivity contribution in [3.05, 3.63) is 52.3 Å². The monoisotopic (exact) mass is 348 g/mol. The number of hydrogen-bond donors (Lipinski definition) is 1. The largest absolute Gasteiger partial charge is 0.449 e. The average molecular weight is 349 g/mol. The Morgan fingerprint density at radius 2 is 1.96 bits per heavy atom. The van der Waals surface area contributed by atoms with E-state index in [4.69, 9.17) is 16.3 Å². The SMILES string of the molecule is CCn1c(C)cc(C(=O)O[C@H](C)C(=O)Nc2ccccc2Cl)c1C. The van der Waals surface area contributed by atoms with E-state index in [1.807, 2.05) is 25.3 Å². The minimum Gasteiger partial charge on any atom is -0.449 e. The average Bonchev–Trinajstić information content (AvgIpc) is 2.83. The van der Waals surface area contributed by atoms with E-state index in [1.165, 1.54) is 6.92 Å². The summed E-state index contributed by atoms with van der Waals surface area (Å²) in [6, 6.07) is 8.67. The lowest BCUT2D eigenvalue weighted by Crippen LogP contribution is -2.30. The van der Waals surface area contributed by atoms with Crippen molar-refractivity contribution in [2.75, 3.05) is 5.32 Å². The number of rotatable bonds is 5. The second kappa shape index (κ2) is 7.53. The van der Waals surface area contributed by atoms with Crippen LogP contribution in [0, 0.1) is 13.8 Å². The minimum atomic E-state index is -0.932. The zero-order chi connectivity index (χ0) is 17.9. The third-order valence-corrected chi connectivity index (χ3v) is 4.22. The molecule has 128 valence electrons. The molecule has 0 radical (unpaired) electrons. The van der Waals surface area contributed by atoms with E-state index < -0.39 is 18.0 Å². The van der Waals surface area contributed by atoms with Crippen LogP contribution in [0.1, 0.15) is 35.6 Å². The van der Waals surface area contributed by atoms with E-state index in [2.05, 4.69) is 5.32 Å². The Balaban J connectivity index is 2.06. The number of halogens is 1. The molecular weight excluding hydrogens is 328 g/mol. The number of nitrogens with zero attached hydrogens (tertiary/aromatic N) is 1. The number of carbonyl (C=O) groups excluding carboxylic acids is 2. The van der Waals surface area contributed by atoms with Crippen LogP contribution in [0.5, 0.6) is 0 Å². The number of aryl methyl sites for hydroxylation is 1. The first-order chi connectivity index (χ1) is 11.3. The van der Waals surface area contributed by atoms with Crippen LogP contribution in [0.2, 0.25) is 5.02 Å². The van der Waals surface area contributed by atoms with Gasteiger partial charge in [0.05, 0.1) is 16.3 Å². The zero-order valence-electron chi connectivity index (χ0n) is 14.2. The molecule has 0 saturated carbocycles. The van der Waals surface area contributed by atoms with Crippen molar-refractivity contribution in [3.63, 3.8) is 0 Å². The second-order valence-electron chi connectivity index (χ2n) is 5.55. The quantitative estimate of drug-likeness (QED) is 0.832. The van der Waals surface area contributed by atoms with Gasteiger partial charge >= 0.3 is 5.97 Å². The molecule has 6 heteroatoms. The Labute approximate surface area is 146 Å². The van der Waals surface area contributed by atoms with Crippen LogP contribution in [-0.4, -0.2) is 22.5 Å².